The number of nitrogens with two attached hydrogens (primary N) is 1. The Morgan fingerprint density at radius 2 is 2.16 bits per heavy atom. The van der Waals surface area contributed by atoms with E-state index in [0.29, 0.717) is 16.0 Å². The number of nitro benzene ring substituents is 1. The Kier molecular flexibility index (Phi) is 4.39. The van der Waals surface area contributed by atoms with Gasteiger partial charge in [0.15, 0.2) is 0 Å². The van der Waals surface area contributed by atoms with E-state index in [-0.39, 0.29) is 5.69 Å². The van der Waals surface area contributed by atoms with Gasteiger partial charge in [0.05, 0.1) is 9.40 Å². The van der Waals surface area contributed by atoms with Gasteiger partial charge in [-0.1, -0.05) is 12.1 Å². The number of nitrogens with zero attached hydrogens (tertiary/aromatic N) is 2. The summed E-state index contributed by atoms with van der Waals surface area (Å²) < 4.78 is 0.524. The van der Waals surface area contributed by atoms with Crippen LogP contribution in [0.3, 0.4) is 0 Å². The minimum absolute atomic E-state index is 0.0773. The molecule has 0 spiro atoms. The molecule has 98 valence electrons. The molecule has 0 atom stereocenters. The van der Waals surface area contributed by atoms with Crippen molar-refractivity contribution in [1.82, 2.24) is 4.98 Å². The minimum atomic E-state index is -0.400. The fourth-order valence-electron chi connectivity index (χ4n) is 1.46. The molecule has 1 aromatic heterocycles. The van der Waals surface area contributed by atoms with Crippen molar-refractivity contribution in [3.8, 4) is 0 Å². The van der Waals surface area contributed by atoms with Crippen molar-refractivity contribution in [1.29, 1.82) is 0 Å². The quantitative estimate of drug-likeness (QED) is 0.522. The highest BCUT2D eigenvalue weighted by Crippen LogP contribution is 2.32. The Balaban J connectivity index is 2.13. The third-order valence-corrected chi connectivity index (χ3v) is 4.35. The largest absolute Gasteiger partial charge is 0.384 e. The van der Waals surface area contributed by atoms with Crippen LogP contribution in [-0.4, -0.2) is 9.91 Å². The van der Waals surface area contributed by atoms with E-state index in [4.69, 9.17) is 5.73 Å². The lowest BCUT2D eigenvalue weighted by atomic mass is 10.2. The molecule has 2 N–H and O–H groups in total. The molecule has 0 aliphatic rings. The Hall–Kier alpha value is -1.60. The van der Waals surface area contributed by atoms with Crippen molar-refractivity contribution in [3.05, 3.63) is 56.7 Å². The van der Waals surface area contributed by atoms with Gasteiger partial charge in [-0.2, -0.15) is 0 Å². The summed E-state index contributed by atoms with van der Waals surface area (Å²) in [6, 6.07) is 8.61. The third kappa shape index (κ3) is 3.45. The van der Waals surface area contributed by atoms with E-state index < -0.39 is 4.92 Å². The van der Waals surface area contributed by atoms with Crippen LogP contribution in [-0.2, 0) is 5.75 Å². The molecule has 0 radical (unpaired) electrons. The number of nitro groups is 1. The van der Waals surface area contributed by atoms with Gasteiger partial charge < -0.3 is 5.73 Å². The van der Waals surface area contributed by atoms with Crippen molar-refractivity contribution >= 4 is 39.2 Å². The highest BCUT2D eigenvalue weighted by Gasteiger charge is 2.14. The summed E-state index contributed by atoms with van der Waals surface area (Å²) in [5, 5.41) is 10.8. The maximum atomic E-state index is 10.8. The molecule has 1 aromatic carbocycles. The molecule has 0 aliphatic carbocycles. The molecule has 0 bridgehead atoms. The first-order valence-corrected chi connectivity index (χ1v) is 7.12. The van der Waals surface area contributed by atoms with Gasteiger partial charge in [0.2, 0.25) is 0 Å². The number of nitrogen functional groups attached to an aromatic ring is 1. The Morgan fingerprint density at radius 3 is 2.79 bits per heavy atom. The number of hydrogen-bond donors (Lipinski definition) is 1. The SMILES string of the molecule is Nc1ccc(SCc2cccc([N+](=O)[O-])c2Br)cn1. The zero-order chi connectivity index (χ0) is 13.8. The predicted octanol–water partition coefficient (Wildman–Crippen LogP) is 3.63. The van der Waals surface area contributed by atoms with Gasteiger partial charge in [-0.3, -0.25) is 10.1 Å². The van der Waals surface area contributed by atoms with Gasteiger partial charge in [0.1, 0.15) is 5.82 Å². The second-order valence-corrected chi connectivity index (χ2v) is 5.56. The Labute approximate surface area is 122 Å². The monoisotopic (exact) mass is 339 g/mol. The van der Waals surface area contributed by atoms with Crippen LogP contribution >= 0.6 is 27.7 Å². The zero-order valence-electron chi connectivity index (χ0n) is 9.75. The second kappa shape index (κ2) is 6.03. The molecule has 0 unspecified atom stereocenters. The highest BCUT2D eigenvalue weighted by molar-refractivity contribution is 9.10. The van der Waals surface area contributed by atoms with E-state index in [9.17, 15) is 10.1 Å². The standard InChI is InChI=1S/C12H10BrN3O2S/c13-12-8(2-1-3-10(12)16(17)18)7-19-9-4-5-11(14)15-6-9/h1-6H,7H2,(H2,14,15). The Bertz CT molecular complexity index is 604. The molecule has 5 nitrogen and oxygen atoms in total. The van der Waals surface area contributed by atoms with Gasteiger partial charge in [0.25, 0.3) is 5.69 Å². The van der Waals surface area contributed by atoms with Crippen LogP contribution in [0.4, 0.5) is 11.5 Å². The van der Waals surface area contributed by atoms with Crippen molar-refractivity contribution in [2.45, 2.75) is 10.6 Å². The first-order chi connectivity index (χ1) is 9.08. The molecular weight excluding hydrogens is 330 g/mol. The number of hydrogen-bond acceptors (Lipinski definition) is 5. The normalized spacial score (nSPS) is 10.4. The average Bonchev–Trinajstić information content (AvgIpc) is 2.39. The summed E-state index contributed by atoms with van der Waals surface area (Å²) in [6.07, 6.45) is 1.69. The third-order valence-electron chi connectivity index (χ3n) is 2.41. The first-order valence-electron chi connectivity index (χ1n) is 5.34. The maximum Gasteiger partial charge on any atom is 0.283 e. The smallest absolute Gasteiger partial charge is 0.283 e. The van der Waals surface area contributed by atoms with Gasteiger partial charge in [-0.15, -0.1) is 11.8 Å². The lowest BCUT2D eigenvalue weighted by Gasteiger charge is -2.05. The van der Waals surface area contributed by atoms with Crippen LogP contribution < -0.4 is 5.73 Å². The number of benzene rings is 1. The lowest BCUT2D eigenvalue weighted by molar-refractivity contribution is -0.385. The molecule has 0 saturated carbocycles. The number of aromatic nitrogens is 1. The molecule has 7 heteroatoms. The number of pyridine rings is 1. The van der Waals surface area contributed by atoms with E-state index in [1.54, 1.807) is 30.1 Å². The molecule has 0 saturated heterocycles. The molecule has 0 fully saturated rings. The van der Waals surface area contributed by atoms with Crippen LogP contribution in [0.1, 0.15) is 5.56 Å². The molecular formula is C12H10BrN3O2S. The van der Waals surface area contributed by atoms with E-state index >= 15 is 0 Å². The fraction of sp³-hybridized carbons (Fsp3) is 0.0833. The van der Waals surface area contributed by atoms with Crippen LogP contribution in [0.2, 0.25) is 0 Å². The van der Waals surface area contributed by atoms with E-state index in [0.717, 1.165) is 10.5 Å². The molecule has 2 aromatic rings. The summed E-state index contributed by atoms with van der Waals surface area (Å²) in [5.74, 6) is 1.09. The van der Waals surface area contributed by atoms with Gasteiger partial charge in [0, 0.05) is 22.9 Å². The van der Waals surface area contributed by atoms with Crippen LogP contribution in [0.15, 0.2) is 45.9 Å². The number of halogens is 1. The van der Waals surface area contributed by atoms with Gasteiger partial charge in [-0.05, 0) is 33.6 Å². The van der Waals surface area contributed by atoms with Crippen LogP contribution in [0.5, 0.6) is 0 Å². The van der Waals surface area contributed by atoms with Crippen LogP contribution in [0.25, 0.3) is 0 Å². The molecule has 0 amide bonds. The molecule has 0 aliphatic heterocycles. The highest BCUT2D eigenvalue weighted by atomic mass is 79.9. The maximum absolute atomic E-state index is 10.8. The summed E-state index contributed by atoms with van der Waals surface area (Å²) in [4.78, 5) is 15.4. The summed E-state index contributed by atoms with van der Waals surface area (Å²) in [7, 11) is 0. The summed E-state index contributed by atoms with van der Waals surface area (Å²) >= 11 is 4.82. The minimum Gasteiger partial charge on any atom is -0.384 e. The summed E-state index contributed by atoms with van der Waals surface area (Å²) in [5.41, 5.74) is 6.46. The first kappa shape index (κ1) is 13.8. The van der Waals surface area contributed by atoms with Crippen molar-refractivity contribution in [2.75, 3.05) is 5.73 Å². The lowest BCUT2D eigenvalue weighted by Crippen LogP contribution is -1.93. The topological polar surface area (TPSA) is 82.0 Å². The van der Waals surface area contributed by atoms with Crippen LogP contribution in [0, 0.1) is 10.1 Å². The van der Waals surface area contributed by atoms with Crippen molar-refractivity contribution in [2.24, 2.45) is 0 Å². The molecule has 1 heterocycles. The predicted molar refractivity (Wildman–Crippen MR) is 79.0 cm³/mol. The summed E-state index contributed by atoms with van der Waals surface area (Å²) in [6.45, 7) is 0. The van der Waals surface area contributed by atoms with E-state index in [1.807, 2.05) is 12.1 Å². The number of anilines is 1. The Morgan fingerprint density at radius 1 is 1.37 bits per heavy atom. The zero-order valence-corrected chi connectivity index (χ0v) is 12.1. The van der Waals surface area contributed by atoms with E-state index in [1.165, 1.54) is 6.07 Å². The number of rotatable bonds is 4. The van der Waals surface area contributed by atoms with Crippen molar-refractivity contribution in [3.63, 3.8) is 0 Å². The molecule has 2 rings (SSSR count). The van der Waals surface area contributed by atoms with Gasteiger partial charge in [-0.25, -0.2) is 4.98 Å². The number of thioether (sulfide) groups is 1. The molecule has 19 heavy (non-hydrogen) atoms. The van der Waals surface area contributed by atoms with Crippen molar-refractivity contribution < 1.29 is 4.92 Å². The average molecular weight is 340 g/mol. The van der Waals surface area contributed by atoms with Gasteiger partial charge >= 0.3 is 0 Å². The fourth-order valence-corrected chi connectivity index (χ4v) is 3.05. The second-order valence-electron chi connectivity index (χ2n) is 3.71. The van der Waals surface area contributed by atoms with E-state index in [2.05, 4.69) is 20.9 Å².